The van der Waals surface area contributed by atoms with Gasteiger partial charge in [0.15, 0.2) is 0 Å². The van der Waals surface area contributed by atoms with Crippen LogP contribution in [0.5, 0.6) is 0 Å². The largest absolute Gasteiger partial charge is 0.380 e. The van der Waals surface area contributed by atoms with Crippen LogP contribution in [0.2, 0.25) is 0 Å². The van der Waals surface area contributed by atoms with Crippen molar-refractivity contribution >= 4 is 5.69 Å². The topological polar surface area (TPSA) is 24.1 Å². The van der Waals surface area contributed by atoms with Gasteiger partial charge in [0.25, 0.3) is 0 Å². The van der Waals surface area contributed by atoms with Crippen molar-refractivity contribution in [1.29, 1.82) is 0 Å². The third kappa shape index (κ3) is 1.82. The number of hydrogen-bond acceptors (Lipinski definition) is 2. The Balaban J connectivity index is 1.56. The summed E-state index contributed by atoms with van der Waals surface area (Å²) in [5.41, 5.74) is 3.22. The van der Waals surface area contributed by atoms with E-state index >= 15 is 0 Å². The molecule has 2 aliphatic rings. The highest BCUT2D eigenvalue weighted by molar-refractivity contribution is 5.56. The van der Waals surface area contributed by atoms with Crippen LogP contribution < -0.4 is 10.6 Å². The fourth-order valence-electron chi connectivity index (χ4n) is 2.75. The Morgan fingerprint density at radius 2 is 2.19 bits per heavy atom. The predicted octanol–water partition coefficient (Wildman–Crippen LogP) is 2.56. The first-order valence-electron chi connectivity index (χ1n) is 6.35. The average Bonchev–Trinajstić information content (AvgIpc) is 2.66. The second kappa shape index (κ2) is 3.77. The van der Waals surface area contributed by atoms with Crippen molar-refractivity contribution in [2.45, 2.75) is 44.2 Å². The molecule has 2 nitrogen and oxygen atoms in total. The molecule has 1 unspecified atom stereocenters. The molecule has 0 aromatic heterocycles. The average molecular weight is 216 g/mol. The smallest absolute Gasteiger partial charge is 0.0427 e. The maximum absolute atomic E-state index is 3.71. The van der Waals surface area contributed by atoms with Crippen LogP contribution >= 0.6 is 0 Å². The van der Waals surface area contributed by atoms with Gasteiger partial charge in [0.05, 0.1) is 0 Å². The van der Waals surface area contributed by atoms with Crippen molar-refractivity contribution in [3.8, 4) is 0 Å². The van der Waals surface area contributed by atoms with E-state index in [0.29, 0.717) is 11.6 Å². The molecule has 0 bridgehead atoms. The molecular weight excluding hydrogens is 196 g/mol. The molecule has 1 atom stereocenters. The molecule has 0 radical (unpaired) electrons. The van der Waals surface area contributed by atoms with E-state index in [-0.39, 0.29) is 0 Å². The molecule has 0 saturated heterocycles. The van der Waals surface area contributed by atoms with Crippen LogP contribution in [0.4, 0.5) is 5.69 Å². The lowest BCUT2D eigenvalue weighted by Gasteiger charge is -2.40. The summed E-state index contributed by atoms with van der Waals surface area (Å²) < 4.78 is 0. The van der Waals surface area contributed by atoms with Crippen molar-refractivity contribution in [3.05, 3.63) is 29.8 Å². The van der Waals surface area contributed by atoms with Crippen LogP contribution in [0.25, 0.3) is 0 Å². The normalized spacial score (nSPS) is 25.7. The van der Waals surface area contributed by atoms with Crippen LogP contribution in [0.3, 0.4) is 0 Å². The van der Waals surface area contributed by atoms with Gasteiger partial charge in [-0.1, -0.05) is 18.2 Å². The van der Waals surface area contributed by atoms with Crippen LogP contribution in [-0.2, 0) is 6.42 Å². The van der Waals surface area contributed by atoms with Crippen molar-refractivity contribution in [1.82, 2.24) is 5.32 Å². The maximum atomic E-state index is 3.71. The fourth-order valence-corrected chi connectivity index (χ4v) is 2.75. The summed E-state index contributed by atoms with van der Waals surface area (Å²) in [5.74, 6) is 0. The minimum Gasteiger partial charge on any atom is -0.380 e. The van der Waals surface area contributed by atoms with Gasteiger partial charge in [-0.15, -0.1) is 0 Å². The Kier molecular flexibility index (Phi) is 2.40. The Morgan fingerprint density at radius 1 is 1.38 bits per heavy atom. The molecule has 1 heterocycles. The molecular formula is C14H20N2. The Bertz CT molecular complexity index is 357. The zero-order valence-electron chi connectivity index (χ0n) is 9.92. The summed E-state index contributed by atoms with van der Waals surface area (Å²) in [6, 6.07) is 9.22. The van der Waals surface area contributed by atoms with E-state index in [1.54, 1.807) is 0 Å². The lowest BCUT2D eigenvalue weighted by atomic mass is 9.78. The van der Waals surface area contributed by atoms with Gasteiger partial charge in [-0.2, -0.15) is 0 Å². The summed E-state index contributed by atoms with van der Waals surface area (Å²) in [6.45, 7) is 3.43. The highest BCUT2D eigenvalue weighted by Crippen LogP contribution is 2.31. The lowest BCUT2D eigenvalue weighted by Crippen LogP contribution is -2.51. The van der Waals surface area contributed by atoms with Gasteiger partial charge in [-0.05, 0) is 44.2 Å². The molecule has 1 aliphatic carbocycles. The molecule has 1 aromatic rings. The molecule has 3 rings (SSSR count). The number of anilines is 1. The maximum Gasteiger partial charge on any atom is 0.0427 e. The highest BCUT2D eigenvalue weighted by atomic mass is 15.1. The van der Waals surface area contributed by atoms with Crippen molar-refractivity contribution in [2.24, 2.45) is 0 Å². The molecule has 16 heavy (non-hydrogen) atoms. The van der Waals surface area contributed by atoms with E-state index in [1.165, 1.54) is 36.9 Å². The molecule has 1 aliphatic heterocycles. The minimum atomic E-state index is 0.427. The van der Waals surface area contributed by atoms with Crippen LogP contribution in [0, 0.1) is 0 Å². The van der Waals surface area contributed by atoms with Gasteiger partial charge < -0.3 is 10.6 Å². The molecule has 0 spiro atoms. The number of para-hydroxylation sites is 1. The second-order valence-electron chi connectivity index (χ2n) is 5.50. The van der Waals surface area contributed by atoms with E-state index in [1.807, 2.05) is 0 Å². The molecule has 1 fully saturated rings. The number of rotatable bonds is 3. The zero-order chi connectivity index (χ0) is 11.0. The summed E-state index contributed by atoms with van der Waals surface area (Å²) in [5, 5.41) is 7.30. The molecule has 86 valence electrons. The van der Waals surface area contributed by atoms with Gasteiger partial charge in [0, 0.05) is 23.8 Å². The van der Waals surface area contributed by atoms with Gasteiger partial charge in [0.1, 0.15) is 0 Å². The Hall–Kier alpha value is -1.02. The number of fused-ring (bicyclic) bond motifs is 1. The monoisotopic (exact) mass is 216 g/mol. The first-order chi connectivity index (χ1) is 7.75. The lowest BCUT2D eigenvalue weighted by molar-refractivity contribution is 0.207. The van der Waals surface area contributed by atoms with E-state index in [9.17, 15) is 0 Å². The molecule has 0 amide bonds. The first-order valence-corrected chi connectivity index (χ1v) is 6.35. The zero-order valence-corrected chi connectivity index (χ0v) is 9.92. The van der Waals surface area contributed by atoms with Gasteiger partial charge >= 0.3 is 0 Å². The summed E-state index contributed by atoms with van der Waals surface area (Å²) in [4.78, 5) is 0. The standard InChI is InChI=1S/C14H20N2/c1-14(7-4-8-14)15-10-12-9-11-5-2-3-6-13(11)16-12/h2-3,5-6,12,15-16H,4,7-10H2,1H3. The van der Waals surface area contributed by atoms with E-state index in [0.717, 1.165) is 6.54 Å². The van der Waals surface area contributed by atoms with E-state index in [2.05, 4.69) is 41.8 Å². The SMILES string of the molecule is CC1(NCC2Cc3ccccc3N2)CCC1. The molecule has 2 N–H and O–H groups in total. The quantitative estimate of drug-likeness (QED) is 0.811. The van der Waals surface area contributed by atoms with Crippen molar-refractivity contribution in [3.63, 3.8) is 0 Å². The summed E-state index contributed by atoms with van der Waals surface area (Å²) in [6.07, 6.45) is 5.24. The molecule has 1 saturated carbocycles. The third-order valence-electron chi connectivity index (χ3n) is 4.08. The van der Waals surface area contributed by atoms with E-state index in [4.69, 9.17) is 0 Å². The van der Waals surface area contributed by atoms with Gasteiger partial charge in [-0.25, -0.2) is 0 Å². The number of benzene rings is 1. The Labute approximate surface area is 97.4 Å². The van der Waals surface area contributed by atoms with Crippen molar-refractivity contribution < 1.29 is 0 Å². The third-order valence-corrected chi connectivity index (χ3v) is 4.08. The molecule has 1 aromatic carbocycles. The fraction of sp³-hybridized carbons (Fsp3) is 0.571. The Morgan fingerprint density at radius 3 is 2.88 bits per heavy atom. The predicted molar refractivity (Wildman–Crippen MR) is 67.8 cm³/mol. The van der Waals surface area contributed by atoms with Crippen LogP contribution in [0.15, 0.2) is 24.3 Å². The van der Waals surface area contributed by atoms with Gasteiger partial charge in [0.2, 0.25) is 0 Å². The van der Waals surface area contributed by atoms with Gasteiger partial charge in [-0.3, -0.25) is 0 Å². The molecule has 2 heteroatoms. The van der Waals surface area contributed by atoms with E-state index < -0.39 is 0 Å². The summed E-state index contributed by atoms with van der Waals surface area (Å²) in [7, 11) is 0. The second-order valence-corrected chi connectivity index (χ2v) is 5.50. The van der Waals surface area contributed by atoms with Crippen molar-refractivity contribution in [2.75, 3.05) is 11.9 Å². The minimum absolute atomic E-state index is 0.427. The first kappa shape index (κ1) is 10.2. The number of nitrogens with one attached hydrogen (secondary N) is 2. The highest BCUT2D eigenvalue weighted by Gasteiger charge is 2.32. The number of hydrogen-bond donors (Lipinski definition) is 2. The van der Waals surface area contributed by atoms with Crippen LogP contribution in [0.1, 0.15) is 31.7 Å². The summed E-state index contributed by atoms with van der Waals surface area (Å²) >= 11 is 0. The van der Waals surface area contributed by atoms with Crippen LogP contribution in [-0.4, -0.2) is 18.1 Å².